The Morgan fingerprint density at radius 2 is 1.88 bits per heavy atom. The summed E-state index contributed by atoms with van der Waals surface area (Å²) in [6.07, 6.45) is 0.651. The SMILES string of the molecule is CCCN1C(=O)c2ccc(O)c(O)c2C1=O. The van der Waals surface area contributed by atoms with E-state index >= 15 is 0 Å². The lowest BCUT2D eigenvalue weighted by atomic mass is 10.1. The van der Waals surface area contributed by atoms with E-state index in [1.807, 2.05) is 6.92 Å². The molecule has 1 heterocycles. The average molecular weight is 221 g/mol. The molecular formula is C11H11NO4. The third kappa shape index (κ3) is 1.25. The summed E-state index contributed by atoms with van der Waals surface area (Å²) in [7, 11) is 0. The number of carbonyl (C=O) groups is 2. The number of imide groups is 1. The number of benzene rings is 1. The summed E-state index contributed by atoms with van der Waals surface area (Å²) in [5.74, 6) is -1.87. The number of aromatic hydroxyl groups is 2. The lowest BCUT2D eigenvalue weighted by Crippen LogP contribution is -2.30. The van der Waals surface area contributed by atoms with Crippen LogP contribution in [0.5, 0.6) is 11.5 Å². The largest absolute Gasteiger partial charge is 0.504 e. The standard InChI is InChI=1S/C11H11NO4/c1-2-5-12-10(15)6-3-4-7(13)9(14)8(6)11(12)16/h3-4,13-14H,2,5H2,1H3. The van der Waals surface area contributed by atoms with Crippen molar-refractivity contribution in [2.75, 3.05) is 6.54 Å². The maximum atomic E-state index is 11.8. The molecule has 1 aromatic carbocycles. The summed E-state index contributed by atoms with van der Waals surface area (Å²) in [4.78, 5) is 24.7. The van der Waals surface area contributed by atoms with Crippen molar-refractivity contribution in [3.05, 3.63) is 23.3 Å². The van der Waals surface area contributed by atoms with Crippen molar-refractivity contribution in [2.24, 2.45) is 0 Å². The van der Waals surface area contributed by atoms with E-state index in [2.05, 4.69) is 0 Å². The number of nitrogens with zero attached hydrogens (tertiary/aromatic N) is 1. The van der Waals surface area contributed by atoms with Gasteiger partial charge in [0, 0.05) is 6.54 Å². The van der Waals surface area contributed by atoms with Gasteiger partial charge in [0.1, 0.15) is 0 Å². The van der Waals surface area contributed by atoms with Gasteiger partial charge in [0.15, 0.2) is 11.5 Å². The molecule has 0 saturated heterocycles. The van der Waals surface area contributed by atoms with E-state index < -0.39 is 23.3 Å². The van der Waals surface area contributed by atoms with Crippen LogP contribution in [0.1, 0.15) is 34.1 Å². The molecule has 1 aliphatic heterocycles. The Kier molecular flexibility index (Phi) is 2.30. The summed E-state index contributed by atoms with van der Waals surface area (Å²) < 4.78 is 0. The Hall–Kier alpha value is -2.04. The van der Waals surface area contributed by atoms with Crippen LogP contribution in [0.25, 0.3) is 0 Å². The fraction of sp³-hybridized carbons (Fsp3) is 0.273. The van der Waals surface area contributed by atoms with Crippen LogP contribution >= 0.6 is 0 Å². The monoisotopic (exact) mass is 221 g/mol. The second-order valence-electron chi connectivity index (χ2n) is 3.62. The molecule has 0 bridgehead atoms. The quantitative estimate of drug-likeness (QED) is 0.579. The molecule has 0 fully saturated rings. The van der Waals surface area contributed by atoms with Gasteiger partial charge in [-0.1, -0.05) is 6.92 Å². The molecule has 2 amide bonds. The first kappa shape index (κ1) is 10.5. The minimum absolute atomic E-state index is 0.0987. The molecule has 0 aromatic heterocycles. The van der Waals surface area contributed by atoms with Crippen LogP contribution in [-0.4, -0.2) is 33.5 Å². The second kappa shape index (κ2) is 3.52. The van der Waals surface area contributed by atoms with Gasteiger partial charge in [-0.3, -0.25) is 14.5 Å². The number of phenolic OH excluding ortho intramolecular Hbond substituents is 2. The van der Waals surface area contributed by atoms with E-state index in [1.165, 1.54) is 12.1 Å². The molecular weight excluding hydrogens is 210 g/mol. The topological polar surface area (TPSA) is 77.8 Å². The van der Waals surface area contributed by atoms with E-state index in [0.717, 1.165) is 4.90 Å². The van der Waals surface area contributed by atoms with Gasteiger partial charge in [-0.25, -0.2) is 0 Å². The van der Waals surface area contributed by atoms with E-state index in [1.54, 1.807) is 0 Å². The van der Waals surface area contributed by atoms with Crippen molar-refractivity contribution in [2.45, 2.75) is 13.3 Å². The minimum atomic E-state index is -0.546. The maximum Gasteiger partial charge on any atom is 0.265 e. The third-order valence-electron chi connectivity index (χ3n) is 2.54. The number of phenols is 2. The predicted molar refractivity (Wildman–Crippen MR) is 55.4 cm³/mol. The first-order valence-corrected chi connectivity index (χ1v) is 4.99. The molecule has 0 aliphatic carbocycles. The molecule has 5 heteroatoms. The fourth-order valence-electron chi connectivity index (χ4n) is 1.77. The van der Waals surface area contributed by atoms with Gasteiger partial charge in [-0.05, 0) is 18.6 Å². The van der Waals surface area contributed by atoms with Crippen LogP contribution in [0.2, 0.25) is 0 Å². The summed E-state index contributed by atoms with van der Waals surface area (Å²) in [5, 5.41) is 18.8. The highest BCUT2D eigenvalue weighted by molar-refractivity contribution is 6.22. The van der Waals surface area contributed by atoms with Gasteiger partial charge < -0.3 is 10.2 Å². The number of hydrogen-bond acceptors (Lipinski definition) is 4. The Balaban J connectivity index is 2.56. The normalized spacial score (nSPS) is 14.4. The van der Waals surface area contributed by atoms with Crippen molar-refractivity contribution in [3.63, 3.8) is 0 Å². The van der Waals surface area contributed by atoms with Gasteiger partial charge in [-0.2, -0.15) is 0 Å². The zero-order valence-corrected chi connectivity index (χ0v) is 8.73. The summed E-state index contributed by atoms with van der Waals surface area (Å²) in [5.41, 5.74) is 0.0483. The van der Waals surface area contributed by atoms with E-state index in [4.69, 9.17) is 0 Å². The van der Waals surface area contributed by atoms with Crippen LogP contribution in [0.3, 0.4) is 0 Å². The lowest BCUT2D eigenvalue weighted by Gasteiger charge is -2.11. The molecule has 84 valence electrons. The molecule has 0 unspecified atom stereocenters. The lowest BCUT2D eigenvalue weighted by molar-refractivity contribution is 0.0653. The zero-order valence-electron chi connectivity index (χ0n) is 8.73. The fourth-order valence-corrected chi connectivity index (χ4v) is 1.77. The molecule has 0 radical (unpaired) electrons. The van der Waals surface area contributed by atoms with Crippen molar-refractivity contribution >= 4 is 11.8 Å². The maximum absolute atomic E-state index is 11.8. The number of fused-ring (bicyclic) bond motifs is 1. The third-order valence-corrected chi connectivity index (χ3v) is 2.54. The number of amides is 2. The Bertz CT molecular complexity index is 481. The first-order chi connectivity index (χ1) is 7.57. The van der Waals surface area contributed by atoms with Crippen LogP contribution in [0.15, 0.2) is 12.1 Å². The first-order valence-electron chi connectivity index (χ1n) is 4.99. The van der Waals surface area contributed by atoms with Crippen molar-refractivity contribution in [1.82, 2.24) is 4.90 Å². The van der Waals surface area contributed by atoms with Gasteiger partial charge >= 0.3 is 0 Å². The summed E-state index contributed by atoms with van der Waals surface area (Å²) in [6, 6.07) is 2.55. The highest BCUT2D eigenvalue weighted by atomic mass is 16.3. The van der Waals surface area contributed by atoms with Crippen molar-refractivity contribution < 1.29 is 19.8 Å². The van der Waals surface area contributed by atoms with Crippen LogP contribution in [0, 0.1) is 0 Å². The zero-order chi connectivity index (χ0) is 11.9. The molecule has 16 heavy (non-hydrogen) atoms. The van der Waals surface area contributed by atoms with Crippen molar-refractivity contribution in [3.8, 4) is 11.5 Å². The van der Waals surface area contributed by atoms with Crippen LogP contribution in [0.4, 0.5) is 0 Å². The van der Waals surface area contributed by atoms with E-state index in [-0.39, 0.29) is 11.1 Å². The summed E-state index contributed by atoms with van der Waals surface area (Å²) >= 11 is 0. The van der Waals surface area contributed by atoms with Gasteiger partial charge in [0.05, 0.1) is 11.1 Å². The second-order valence-corrected chi connectivity index (χ2v) is 3.62. The molecule has 2 N–H and O–H groups in total. The van der Waals surface area contributed by atoms with E-state index in [0.29, 0.717) is 13.0 Å². The van der Waals surface area contributed by atoms with E-state index in [9.17, 15) is 19.8 Å². The highest BCUT2D eigenvalue weighted by Gasteiger charge is 2.38. The highest BCUT2D eigenvalue weighted by Crippen LogP contribution is 2.36. The Morgan fingerprint density at radius 3 is 2.50 bits per heavy atom. The predicted octanol–water partition coefficient (Wildman–Crippen LogP) is 1.10. The molecule has 1 aliphatic rings. The smallest absolute Gasteiger partial charge is 0.265 e. The molecule has 0 saturated carbocycles. The number of carbonyl (C=O) groups excluding carboxylic acids is 2. The Labute approximate surface area is 91.9 Å². The minimum Gasteiger partial charge on any atom is -0.504 e. The molecule has 0 spiro atoms. The van der Waals surface area contributed by atoms with Crippen LogP contribution in [-0.2, 0) is 0 Å². The van der Waals surface area contributed by atoms with Crippen LogP contribution < -0.4 is 0 Å². The van der Waals surface area contributed by atoms with Gasteiger partial charge in [-0.15, -0.1) is 0 Å². The molecule has 1 aromatic rings. The van der Waals surface area contributed by atoms with Gasteiger partial charge in [0.25, 0.3) is 11.8 Å². The molecule has 5 nitrogen and oxygen atoms in total. The number of rotatable bonds is 2. The molecule has 0 atom stereocenters. The number of hydrogen-bond donors (Lipinski definition) is 2. The van der Waals surface area contributed by atoms with Gasteiger partial charge in [0.2, 0.25) is 0 Å². The average Bonchev–Trinajstić information content (AvgIpc) is 2.49. The molecule has 2 rings (SSSR count). The van der Waals surface area contributed by atoms with Crippen molar-refractivity contribution in [1.29, 1.82) is 0 Å². The summed E-state index contributed by atoms with van der Waals surface area (Å²) in [6.45, 7) is 2.16. The Morgan fingerprint density at radius 1 is 1.19 bits per heavy atom.